The fourth-order valence-electron chi connectivity index (χ4n) is 5.85. The molecule has 2 aliphatic heterocycles. The maximum atomic E-state index is 14.2. The van der Waals surface area contributed by atoms with Crippen molar-refractivity contribution in [2.24, 2.45) is 22.0 Å². The number of nitrogens with zero attached hydrogens (tertiary/aromatic N) is 5. The Balaban J connectivity index is 0.00000155. The summed E-state index contributed by atoms with van der Waals surface area (Å²) in [5.41, 5.74) is 2.09. The largest absolute Gasteiger partial charge is 0.418 e. The van der Waals surface area contributed by atoms with Gasteiger partial charge in [-0.2, -0.15) is 18.3 Å². The van der Waals surface area contributed by atoms with E-state index in [1.54, 1.807) is 18.3 Å². The van der Waals surface area contributed by atoms with E-state index in [0.29, 0.717) is 29.9 Å². The molecule has 2 atom stereocenters. The Morgan fingerprint density at radius 1 is 1.16 bits per heavy atom. The van der Waals surface area contributed by atoms with Crippen molar-refractivity contribution >= 4 is 18.7 Å². The molecule has 1 unspecified atom stereocenters. The predicted octanol–water partition coefficient (Wildman–Crippen LogP) is 8.28. The fraction of sp³-hybridized carbons (Fsp3) is 0.529. The summed E-state index contributed by atoms with van der Waals surface area (Å²) in [6.07, 6.45) is 7.65. The Morgan fingerprint density at radius 2 is 1.88 bits per heavy atom. The molecule has 4 rings (SSSR count). The Labute approximate surface area is 257 Å². The van der Waals surface area contributed by atoms with Crippen molar-refractivity contribution in [3.8, 4) is 0 Å². The van der Waals surface area contributed by atoms with Crippen LogP contribution < -0.4 is 5.32 Å². The number of piperidine rings is 1. The summed E-state index contributed by atoms with van der Waals surface area (Å²) in [6.45, 7) is 18.8. The molecule has 1 aromatic rings. The third-order valence-electron chi connectivity index (χ3n) is 8.02. The summed E-state index contributed by atoms with van der Waals surface area (Å²) >= 11 is 0. The fourth-order valence-corrected chi connectivity index (χ4v) is 5.85. The number of likely N-dealkylation sites (N-methyl/N-ethyl adjacent to an activating group) is 2. The van der Waals surface area contributed by atoms with Gasteiger partial charge in [0.2, 0.25) is 0 Å². The second-order valence-corrected chi connectivity index (χ2v) is 11.3. The second kappa shape index (κ2) is 17.7. The summed E-state index contributed by atoms with van der Waals surface area (Å²) < 4.78 is 42.6. The zero-order valence-corrected chi connectivity index (χ0v) is 26.7. The number of anilines is 1. The van der Waals surface area contributed by atoms with E-state index in [2.05, 4.69) is 59.4 Å². The molecule has 1 N–H and O–H groups in total. The number of halogens is 3. The third-order valence-corrected chi connectivity index (χ3v) is 8.02. The van der Waals surface area contributed by atoms with Gasteiger partial charge in [0.05, 0.1) is 11.3 Å². The third kappa shape index (κ3) is 10.7. The molecule has 3 aliphatic rings. The number of alkyl halides is 3. The van der Waals surface area contributed by atoms with E-state index in [4.69, 9.17) is 0 Å². The van der Waals surface area contributed by atoms with Crippen LogP contribution in [0.1, 0.15) is 64.4 Å². The van der Waals surface area contributed by atoms with Gasteiger partial charge < -0.3 is 15.1 Å². The second-order valence-electron chi connectivity index (χ2n) is 11.3. The van der Waals surface area contributed by atoms with Gasteiger partial charge >= 0.3 is 6.18 Å². The van der Waals surface area contributed by atoms with Gasteiger partial charge in [-0.1, -0.05) is 39.3 Å². The van der Waals surface area contributed by atoms with Crippen molar-refractivity contribution < 1.29 is 13.2 Å². The van der Waals surface area contributed by atoms with Crippen molar-refractivity contribution in [2.75, 3.05) is 45.6 Å². The molecular formula is C34H51F3N6. The average molecular weight is 601 g/mol. The summed E-state index contributed by atoms with van der Waals surface area (Å²) in [4.78, 5) is 5.85. The first-order chi connectivity index (χ1) is 20.6. The van der Waals surface area contributed by atoms with Crippen molar-refractivity contribution in [3.63, 3.8) is 0 Å². The highest BCUT2D eigenvalue weighted by Gasteiger charge is 2.39. The number of rotatable bonds is 10. The summed E-state index contributed by atoms with van der Waals surface area (Å²) in [5, 5.41) is 10.6. The Kier molecular flexibility index (Phi) is 14.8. The molecule has 0 aromatic heterocycles. The monoisotopic (exact) mass is 600 g/mol. The Morgan fingerprint density at radius 3 is 2.49 bits per heavy atom. The highest BCUT2D eigenvalue weighted by Crippen LogP contribution is 2.40. The standard InChI is InChI=1S/C30H41F3N6.C2H6.C2H4/c1-22-8-7-13-39(17-22)19-23-14-28(30(31,32)33)29(38(4)18-23)16-35-26-12-6-11-25(15-26)27(24-9-5-10-24)20-37(3)21-36-34-2;2*1-2/h6,11-12,14-16,18,21-22,24,27,35H,2,5,7-10,13,17,19-20H2,1,3-4H3;1-2H3;1-2H2/b29-16-,36-21-;;/t22-,27?;;/m0../s1. The lowest BCUT2D eigenvalue weighted by molar-refractivity contribution is -0.0912. The molecule has 9 heteroatoms. The lowest BCUT2D eigenvalue weighted by atomic mass is 9.73. The lowest BCUT2D eigenvalue weighted by Gasteiger charge is -2.36. The molecule has 1 aliphatic carbocycles. The molecule has 43 heavy (non-hydrogen) atoms. The molecule has 0 bridgehead atoms. The Bertz CT molecular complexity index is 1140. The zero-order chi connectivity index (χ0) is 32.0. The van der Waals surface area contributed by atoms with E-state index in [-0.39, 0.29) is 5.70 Å². The van der Waals surface area contributed by atoms with E-state index in [9.17, 15) is 13.2 Å². The molecule has 1 saturated carbocycles. The van der Waals surface area contributed by atoms with Crippen LogP contribution in [-0.2, 0) is 0 Å². The van der Waals surface area contributed by atoms with E-state index < -0.39 is 11.7 Å². The number of hydrogen-bond acceptors (Lipinski definition) is 5. The van der Waals surface area contributed by atoms with Gasteiger partial charge in [-0.25, -0.2) is 0 Å². The summed E-state index contributed by atoms with van der Waals surface area (Å²) in [6, 6.07) is 8.01. The molecular weight excluding hydrogens is 549 g/mol. The smallest absolute Gasteiger partial charge is 0.364 e. The van der Waals surface area contributed by atoms with E-state index in [1.165, 1.54) is 38.0 Å². The van der Waals surface area contributed by atoms with Gasteiger partial charge in [-0.05, 0) is 73.4 Å². The summed E-state index contributed by atoms with van der Waals surface area (Å²) in [5.74, 6) is 1.44. The number of benzene rings is 1. The topological polar surface area (TPSA) is 46.5 Å². The molecule has 1 saturated heterocycles. The lowest BCUT2D eigenvalue weighted by Crippen LogP contribution is -2.36. The molecule has 2 fully saturated rings. The Hall–Kier alpha value is -3.33. The summed E-state index contributed by atoms with van der Waals surface area (Å²) in [7, 11) is 3.65. The normalized spacial score (nSPS) is 21.0. The van der Waals surface area contributed by atoms with Gasteiger partial charge in [0.25, 0.3) is 0 Å². The molecule has 0 amide bonds. The van der Waals surface area contributed by atoms with Crippen LogP contribution in [0.4, 0.5) is 18.9 Å². The predicted molar refractivity (Wildman–Crippen MR) is 176 cm³/mol. The van der Waals surface area contributed by atoms with Crippen LogP contribution in [0.2, 0.25) is 0 Å². The van der Waals surface area contributed by atoms with Crippen LogP contribution in [0.15, 0.2) is 82.9 Å². The maximum Gasteiger partial charge on any atom is 0.418 e. The van der Waals surface area contributed by atoms with Crippen LogP contribution in [-0.4, -0.2) is 74.2 Å². The minimum absolute atomic E-state index is 0.104. The van der Waals surface area contributed by atoms with Crippen molar-refractivity contribution in [2.45, 2.75) is 65.0 Å². The van der Waals surface area contributed by atoms with Crippen molar-refractivity contribution in [1.82, 2.24) is 14.7 Å². The molecule has 238 valence electrons. The van der Waals surface area contributed by atoms with E-state index >= 15 is 0 Å². The van der Waals surface area contributed by atoms with Crippen LogP contribution >= 0.6 is 0 Å². The molecule has 6 nitrogen and oxygen atoms in total. The van der Waals surface area contributed by atoms with Crippen LogP contribution in [0, 0.1) is 11.8 Å². The quantitative estimate of drug-likeness (QED) is 0.127. The highest BCUT2D eigenvalue weighted by molar-refractivity contribution is 5.55. The van der Waals surface area contributed by atoms with Gasteiger partial charge in [0, 0.05) is 64.5 Å². The first-order valence-corrected chi connectivity index (χ1v) is 15.3. The maximum absolute atomic E-state index is 14.2. The minimum atomic E-state index is -4.46. The molecule has 0 spiro atoms. The zero-order valence-electron chi connectivity index (χ0n) is 26.7. The number of hydrogen-bond donors (Lipinski definition) is 1. The van der Waals surface area contributed by atoms with Crippen LogP contribution in [0.3, 0.4) is 0 Å². The molecule has 0 radical (unpaired) electrons. The minimum Gasteiger partial charge on any atom is -0.364 e. The van der Waals surface area contributed by atoms with Gasteiger partial charge in [-0.3, -0.25) is 4.90 Å². The van der Waals surface area contributed by atoms with Crippen molar-refractivity contribution in [1.29, 1.82) is 0 Å². The molecule has 1 aromatic carbocycles. The van der Waals surface area contributed by atoms with Crippen molar-refractivity contribution in [3.05, 3.63) is 78.3 Å². The highest BCUT2D eigenvalue weighted by atomic mass is 19.4. The number of allylic oxidation sites excluding steroid dienone is 1. The molecule has 2 heterocycles. The van der Waals surface area contributed by atoms with Crippen LogP contribution in [0.5, 0.6) is 0 Å². The van der Waals surface area contributed by atoms with Gasteiger partial charge in [0.1, 0.15) is 6.34 Å². The van der Waals surface area contributed by atoms with Gasteiger partial charge in [0.15, 0.2) is 0 Å². The van der Waals surface area contributed by atoms with Gasteiger partial charge in [-0.15, -0.1) is 18.3 Å². The SMILES string of the molecule is C=C.C=N/N=C\N(C)CC(c1cccc(N/C=C2/C(C(F)(F)F)=CC(CN3CCC[C@H](C)C3)=CN2C)c1)C1CCC1.CC. The van der Waals surface area contributed by atoms with Crippen LogP contribution in [0.25, 0.3) is 0 Å². The first-order valence-electron chi connectivity index (χ1n) is 15.3. The average Bonchev–Trinajstić information content (AvgIpc) is 2.96. The number of nitrogens with one attached hydrogen (secondary N) is 1. The number of likely N-dealkylation sites (tertiary alicyclic amines) is 1. The van der Waals surface area contributed by atoms with E-state index in [0.717, 1.165) is 37.3 Å². The first kappa shape index (κ1) is 35.9. The van der Waals surface area contributed by atoms with E-state index in [1.807, 2.05) is 44.1 Å².